The Hall–Kier alpha value is -3.27. The van der Waals surface area contributed by atoms with Gasteiger partial charge in [-0.15, -0.1) is 0 Å². The fourth-order valence-corrected chi connectivity index (χ4v) is 9.67. The van der Waals surface area contributed by atoms with E-state index in [0.29, 0.717) is 17.5 Å². The van der Waals surface area contributed by atoms with Crippen molar-refractivity contribution in [3.63, 3.8) is 0 Å². The Bertz CT molecular complexity index is 1850. The standard InChI is InChI=1S/C42H48N6S3/c1-37(2)40(7,8)49-34(46-37)28-19-13-25(14-20-28)31-43-32(26-15-21-29(22-16-26)35-47-38(3,4)41(9,10)50-35)45-33(44-31)27-17-23-30(24-18-27)36-48-39(5,6)42(11,12)51-36/h13-24H,1-12H3. The van der Waals surface area contributed by atoms with Gasteiger partial charge in [0.15, 0.2) is 17.5 Å². The predicted molar refractivity (Wildman–Crippen MR) is 223 cm³/mol. The topological polar surface area (TPSA) is 75.8 Å². The summed E-state index contributed by atoms with van der Waals surface area (Å²) in [7, 11) is 0. The molecular weight excluding hydrogens is 685 g/mol. The summed E-state index contributed by atoms with van der Waals surface area (Å²) in [5.41, 5.74) is 5.71. The van der Waals surface area contributed by atoms with Crippen molar-refractivity contribution in [1.82, 2.24) is 15.0 Å². The summed E-state index contributed by atoms with van der Waals surface area (Å²) < 4.78 is 0.0686. The summed E-state index contributed by atoms with van der Waals surface area (Å²) in [5, 5.41) is 3.21. The highest BCUT2D eigenvalue weighted by atomic mass is 32.2. The minimum atomic E-state index is -0.139. The molecule has 0 atom stereocenters. The van der Waals surface area contributed by atoms with Gasteiger partial charge in [-0.3, -0.25) is 15.0 Å². The first kappa shape index (κ1) is 36.1. The lowest BCUT2D eigenvalue weighted by Crippen LogP contribution is -2.36. The van der Waals surface area contributed by atoms with Gasteiger partial charge in [-0.05, 0) is 83.1 Å². The Labute approximate surface area is 316 Å². The van der Waals surface area contributed by atoms with Gasteiger partial charge in [0.05, 0.1) is 31.7 Å². The Morgan fingerprint density at radius 1 is 0.314 bits per heavy atom. The SMILES string of the molecule is CC1(C)N=C(c2ccc(-c3nc(-c4ccc(C5=NC(C)(C)C(C)(C)S5)cc4)nc(-c4ccc(C5=NC(C)(C)C(C)(C)S5)cc4)n3)cc2)SC1(C)C. The molecule has 0 fully saturated rings. The summed E-state index contributed by atoms with van der Waals surface area (Å²) in [6.07, 6.45) is 0. The van der Waals surface area contributed by atoms with Gasteiger partial charge in [0.25, 0.3) is 0 Å². The van der Waals surface area contributed by atoms with Crippen LogP contribution < -0.4 is 0 Å². The van der Waals surface area contributed by atoms with Crippen LogP contribution in [0.2, 0.25) is 0 Å². The monoisotopic (exact) mass is 732 g/mol. The van der Waals surface area contributed by atoms with E-state index in [1.165, 1.54) is 0 Å². The van der Waals surface area contributed by atoms with Crippen LogP contribution in [-0.2, 0) is 0 Å². The van der Waals surface area contributed by atoms with E-state index in [4.69, 9.17) is 29.9 Å². The van der Waals surface area contributed by atoms with Gasteiger partial charge < -0.3 is 0 Å². The fourth-order valence-electron chi connectivity index (χ4n) is 5.75. The number of rotatable bonds is 6. The second-order valence-electron chi connectivity index (χ2n) is 16.8. The van der Waals surface area contributed by atoms with E-state index in [2.05, 4.69) is 156 Å². The zero-order chi connectivity index (χ0) is 36.8. The van der Waals surface area contributed by atoms with Gasteiger partial charge in [0, 0.05) is 47.6 Å². The van der Waals surface area contributed by atoms with Gasteiger partial charge in [-0.1, -0.05) is 108 Å². The molecule has 6 nitrogen and oxygen atoms in total. The minimum Gasteiger partial charge on any atom is -0.270 e. The lowest BCUT2D eigenvalue weighted by Gasteiger charge is -2.30. The van der Waals surface area contributed by atoms with Crippen molar-refractivity contribution in [1.29, 1.82) is 0 Å². The van der Waals surface area contributed by atoms with Gasteiger partial charge in [-0.25, -0.2) is 15.0 Å². The van der Waals surface area contributed by atoms with Crippen molar-refractivity contribution in [2.24, 2.45) is 15.0 Å². The second-order valence-corrected chi connectivity index (χ2v) is 21.6. The van der Waals surface area contributed by atoms with E-state index in [9.17, 15) is 0 Å². The van der Waals surface area contributed by atoms with E-state index in [1.54, 1.807) is 0 Å². The zero-order valence-electron chi connectivity index (χ0n) is 31.8. The van der Waals surface area contributed by atoms with E-state index >= 15 is 0 Å². The van der Waals surface area contributed by atoms with Crippen molar-refractivity contribution in [2.75, 3.05) is 0 Å². The van der Waals surface area contributed by atoms with Crippen LogP contribution in [0.1, 0.15) is 99.8 Å². The Morgan fingerprint density at radius 2 is 0.510 bits per heavy atom. The molecule has 3 aliphatic heterocycles. The molecule has 264 valence electrons. The average molecular weight is 733 g/mol. The normalized spacial score (nSPS) is 22.0. The number of nitrogens with zero attached hydrogens (tertiary/aromatic N) is 6. The molecule has 0 unspecified atom stereocenters. The maximum Gasteiger partial charge on any atom is 0.164 e. The number of aromatic nitrogens is 3. The average Bonchev–Trinajstić information content (AvgIpc) is 3.53. The number of hydrogen-bond donors (Lipinski definition) is 0. The highest BCUT2D eigenvalue weighted by Crippen LogP contribution is 2.48. The smallest absolute Gasteiger partial charge is 0.164 e. The lowest BCUT2D eigenvalue weighted by atomic mass is 9.91. The Morgan fingerprint density at radius 3 is 0.686 bits per heavy atom. The van der Waals surface area contributed by atoms with Crippen LogP contribution in [0.4, 0.5) is 0 Å². The summed E-state index contributed by atoms with van der Waals surface area (Å²) in [4.78, 5) is 30.4. The molecule has 51 heavy (non-hydrogen) atoms. The molecule has 0 radical (unpaired) electrons. The summed E-state index contributed by atoms with van der Waals surface area (Å²) >= 11 is 5.51. The van der Waals surface area contributed by atoms with Crippen molar-refractivity contribution in [3.05, 3.63) is 89.5 Å². The van der Waals surface area contributed by atoms with Crippen LogP contribution in [0.25, 0.3) is 34.2 Å². The molecule has 0 saturated carbocycles. The number of aliphatic imine (C=N–C) groups is 3. The summed E-state index contributed by atoms with van der Waals surface area (Å²) in [5.74, 6) is 1.90. The largest absolute Gasteiger partial charge is 0.270 e. The Balaban J connectivity index is 1.25. The van der Waals surface area contributed by atoms with Gasteiger partial charge in [0.2, 0.25) is 0 Å². The van der Waals surface area contributed by atoms with Crippen LogP contribution in [0.5, 0.6) is 0 Å². The number of benzene rings is 3. The molecule has 0 amide bonds. The molecule has 0 bridgehead atoms. The lowest BCUT2D eigenvalue weighted by molar-refractivity contribution is 0.426. The highest BCUT2D eigenvalue weighted by Gasteiger charge is 2.46. The quantitative estimate of drug-likeness (QED) is 0.196. The van der Waals surface area contributed by atoms with Crippen LogP contribution in [0, 0.1) is 0 Å². The maximum absolute atomic E-state index is 5.07. The number of hydrogen-bond acceptors (Lipinski definition) is 9. The molecule has 0 aliphatic carbocycles. The molecule has 1 aromatic heterocycles. The molecule has 4 heterocycles. The third-order valence-electron chi connectivity index (χ3n) is 11.4. The molecule has 4 aromatic rings. The van der Waals surface area contributed by atoms with Crippen molar-refractivity contribution < 1.29 is 0 Å². The van der Waals surface area contributed by atoms with E-state index in [1.807, 2.05) is 35.3 Å². The Kier molecular flexibility index (Phi) is 8.59. The van der Waals surface area contributed by atoms with Crippen molar-refractivity contribution in [2.45, 2.75) is 114 Å². The minimum absolute atomic E-state index is 0.0229. The first-order valence-corrected chi connectivity index (χ1v) is 20.1. The fraction of sp³-hybridized carbons (Fsp3) is 0.429. The van der Waals surface area contributed by atoms with Crippen LogP contribution in [0.3, 0.4) is 0 Å². The summed E-state index contributed by atoms with van der Waals surface area (Å²) in [6.45, 7) is 26.8. The van der Waals surface area contributed by atoms with Gasteiger partial charge in [0.1, 0.15) is 0 Å². The third-order valence-corrected chi connectivity index (χ3v) is 16.0. The first-order valence-electron chi connectivity index (χ1n) is 17.6. The van der Waals surface area contributed by atoms with E-state index < -0.39 is 0 Å². The molecule has 9 heteroatoms. The van der Waals surface area contributed by atoms with Crippen LogP contribution in [0.15, 0.2) is 87.8 Å². The molecule has 3 aliphatic rings. The first-order chi connectivity index (χ1) is 23.7. The molecule has 3 aromatic carbocycles. The van der Waals surface area contributed by atoms with Gasteiger partial charge >= 0.3 is 0 Å². The maximum atomic E-state index is 5.07. The van der Waals surface area contributed by atoms with Crippen molar-refractivity contribution in [3.8, 4) is 34.2 Å². The highest BCUT2D eigenvalue weighted by molar-refractivity contribution is 8.16. The third kappa shape index (κ3) is 6.52. The molecule has 7 rings (SSSR count). The van der Waals surface area contributed by atoms with Crippen LogP contribution in [-0.4, -0.2) is 60.9 Å². The van der Waals surface area contributed by atoms with Crippen LogP contribution >= 0.6 is 35.3 Å². The summed E-state index contributed by atoms with van der Waals surface area (Å²) in [6, 6.07) is 25.4. The molecule has 0 N–H and O–H groups in total. The van der Waals surface area contributed by atoms with E-state index in [-0.39, 0.29) is 30.9 Å². The predicted octanol–water partition coefficient (Wildman–Crippen LogP) is 11.0. The van der Waals surface area contributed by atoms with Gasteiger partial charge in [-0.2, -0.15) is 0 Å². The van der Waals surface area contributed by atoms with Crippen molar-refractivity contribution >= 4 is 50.4 Å². The second kappa shape index (κ2) is 12.1. The number of thioether (sulfide) groups is 3. The molecule has 0 spiro atoms. The van der Waals surface area contributed by atoms with E-state index in [0.717, 1.165) is 48.5 Å². The molecule has 0 saturated heterocycles. The molecular formula is C42H48N6S3. The zero-order valence-corrected chi connectivity index (χ0v) is 34.3.